The molecule has 3 rings (SSSR count). The Morgan fingerprint density at radius 2 is 1.63 bits per heavy atom. The Morgan fingerprint density at radius 3 is 2.44 bits per heavy atom. The second-order valence-electron chi connectivity index (χ2n) is 5.98. The minimum Gasteiger partial charge on any atom is -0.497 e. The quantitative estimate of drug-likeness (QED) is 0.489. The molecule has 3 aromatic rings. The van der Waals surface area contributed by atoms with Crippen LogP contribution < -0.4 is 20.5 Å². The Balaban J connectivity index is 1.57. The van der Waals surface area contributed by atoms with E-state index in [2.05, 4.69) is 16.4 Å². The zero-order valence-electron chi connectivity index (χ0n) is 15.3. The summed E-state index contributed by atoms with van der Waals surface area (Å²) in [6.45, 7) is 1.00. The van der Waals surface area contributed by atoms with E-state index >= 15 is 0 Å². The van der Waals surface area contributed by atoms with Crippen molar-refractivity contribution in [3.8, 4) is 11.5 Å². The number of nitrogens with zero attached hydrogens (tertiary/aromatic N) is 1. The molecule has 138 valence electrons. The largest absolute Gasteiger partial charge is 0.497 e. The van der Waals surface area contributed by atoms with Gasteiger partial charge in [-0.3, -0.25) is 0 Å². The van der Waals surface area contributed by atoms with Gasteiger partial charge in [-0.15, -0.1) is 0 Å². The maximum absolute atomic E-state index is 5.99. The molecule has 0 amide bonds. The number of hydrogen-bond acceptors (Lipinski definition) is 3. The monoisotopic (exact) mass is 361 g/mol. The van der Waals surface area contributed by atoms with Crippen LogP contribution in [0.1, 0.15) is 11.1 Å². The first-order valence-corrected chi connectivity index (χ1v) is 8.69. The summed E-state index contributed by atoms with van der Waals surface area (Å²) in [4.78, 5) is 4.41. The second-order valence-corrected chi connectivity index (χ2v) is 5.98. The van der Waals surface area contributed by atoms with Crippen LogP contribution in [-0.2, 0) is 13.2 Å². The first kappa shape index (κ1) is 18.3. The molecule has 0 radical (unpaired) electrons. The third-order valence-corrected chi connectivity index (χ3v) is 3.91. The first-order chi connectivity index (χ1) is 13.2. The average molecular weight is 361 g/mol. The zero-order valence-corrected chi connectivity index (χ0v) is 15.3. The molecule has 0 heterocycles. The summed E-state index contributed by atoms with van der Waals surface area (Å²) in [6.07, 6.45) is 0. The fourth-order valence-corrected chi connectivity index (χ4v) is 2.57. The Bertz CT molecular complexity index is 895. The molecule has 0 unspecified atom stereocenters. The van der Waals surface area contributed by atoms with Crippen molar-refractivity contribution in [3.05, 3.63) is 90.0 Å². The van der Waals surface area contributed by atoms with Crippen LogP contribution in [0, 0.1) is 0 Å². The summed E-state index contributed by atoms with van der Waals surface area (Å²) < 4.78 is 11.0. The van der Waals surface area contributed by atoms with Gasteiger partial charge in [-0.1, -0.05) is 48.5 Å². The van der Waals surface area contributed by atoms with Gasteiger partial charge in [0.2, 0.25) is 0 Å². The minimum absolute atomic E-state index is 0.356. The number of benzene rings is 3. The lowest BCUT2D eigenvalue weighted by atomic mass is 10.1. The molecule has 27 heavy (non-hydrogen) atoms. The number of methoxy groups -OCH3 is 1. The molecule has 5 heteroatoms. The summed E-state index contributed by atoms with van der Waals surface area (Å²) in [5, 5.41) is 3.07. The predicted octanol–water partition coefficient (Wildman–Crippen LogP) is 4.20. The molecule has 3 N–H and O–H groups in total. The number of anilines is 1. The van der Waals surface area contributed by atoms with E-state index in [-0.39, 0.29) is 0 Å². The van der Waals surface area contributed by atoms with E-state index in [1.165, 1.54) is 0 Å². The number of nitrogens with two attached hydrogens (primary N) is 1. The fourth-order valence-electron chi connectivity index (χ4n) is 2.57. The third kappa shape index (κ3) is 5.78. The number of hydrogen-bond donors (Lipinski definition) is 2. The Labute approximate surface area is 159 Å². The van der Waals surface area contributed by atoms with Crippen LogP contribution in [0.25, 0.3) is 0 Å². The molecule has 0 aliphatic carbocycles. The summed E-state index contributed by atoms with van der Waals surface area (Å²) in [7, 11) is 1.63. The third-order valence-electron chi connectivity index (χ3n) is 3.91. The van der Waals surface area contributed by atoms with Gasteiger partial charge in [-0.25, -0.2) is 4.99 Å². The summed E-state index contributed by atoms with van der Waals surface area (Å²) in [5.74, 6) is 1.97. The van der Waals surface area contributed by atoms with Crippen molar-refractivity contribution in [2.24, 2.45) is 10.7 Å². The van der Waals surface area contributed by atoms with Crippen LogP contribution >= 0.6 is 0 Å². The number of nitrogens with one attached hydrogen (secondary N) is 1. The van der Waals surface area contributed by atoms with Gasteiger partial charge in [0.25, 0.3) is 0 Å². The van der Waals surface area contributed by atoms with Crippen LogP contribution in [0.15, 0.2) is 83.9 Å². The smallest absolute Gasteiger partial charge is 0.193 e. The van der Waals surface area contributed by atoms with Crippen molar-refractivity contribution in [2.75, 3.05) is 12.4 Å². The van der Waals surface area contributed by atoms with Crippen LogP contribution in [-0.4, -0.2) is 13.1 Å². The number of para-hydroxylation sites is 1. The van der Waals surface area contributed by atoms with E-state index in [1.807, 2.05) is 72.8 Å². The molecule has 0 aliphatic rings. The fraction of sp³-hybridized carbons (Fsp3) is 0.136. The molecule has 0 aromatic heterocycles. The van der Waals surface area contributed by atoms with Crippen LogP contribution in [0.2, 0.25) is 0 Å². The molecular formula is C22H23N3O2. The Morgan fingerprint density at radius 1 is 0.889 bits per heavy atom. The Kier molecular flexibility index (Phi) is 6.30. The molecule has 5 nitrogen and oxygen atoms in total. The van der Waals surface area contributed by atoms with E-state index in [4.69, 9.17) is 15.2 Å². The second kappa shape index (κ2) is 9.29. The number of ether oxygens (including phenoxy) is 2. The molecule has 0 bridgehead atoms. The van der Waals surface area contributed by atoms with E-state index in [0.29, 0.717) is 19.1 Å². The normalized spacial score (nSPS) is 11.1. The van der Waals surface area contributed by atoms with Gasteiger partial charge < -0.3 is 20.5 Å². The summed E-state index contributed by atoms with van der Waals surface area (Å²) in [5.41, 5.74) is 8.98. The van der Waals surface area contributed by atoms with E-state index in [9.17, 15) is 0 Å². The maximum atomic E-state index is 5.99. The zero-order chi connectivity index (χ0) is 18.9. The summed E-state index contributed by atoms with van der Waals surface area (Å²) in [6, 6.07) is 25.4. The van der Waals surface area contributed by atoms with Crippen LogP contribution in [0.5, 0.6) is 11.5 Å². The van der Waals surface area contributed by atoms with E-state index in [1.54, 1.807) is 7.11 Å². The van der Waals surface area contributed by atoms with Crippen LogP contribution in [0.3, 0.4) is 0 Å². The van der Waals surface area contributed by atoms with Gasteiger partial charge in [0.1, 0.15) is 18.1 Å². The lowest BCUT2D eigenvalue weighted by Crippen LogP contribution is -2.22. The highest BCUT2D eigenvalue weighted by Crippen LogP contribution is 2.16. The molecule has 0 atom stereocenters. The molecule has 0 saturated carbocycles. The number of rotatable bonds is 7. The molecule has 0 spiro atoms. The molecule has 0 fully saturated rings. The number of aliphatic imine (C=N–C) groups is 1. The molecule has 0 saturated heterocycles. The molecule has 3 aromatic carbocycles. The average Bonchev–Trinajstić information content (AvgIpc) is 2.72. The SMILES string of the molecule is COc1cccc(NC(N)=NCc2cccc(COc3ccccc3)c2)c1. The first-order valence-electron chi connectivity index (χ1n) is 8.69. The number of guanidine groups is 1. The van der Waals surface area contributed by atoms with E-state index < -0.39 is 0 Å². The molecular weight excluding hydrogens is 338 g/mol. The van der Waals surface area contributed by atoms with Crippen molar-refractivity contribution in [1.29, 1.82) is 0 Å². The lowest BCUT2D eigenvalue weighted by molar-refractivity contribution is 0.306. The molecule has 0 aliphatic heterocycles. The van der Waals surface area contributed by atoms with Crippen molar-refractivity contribution in [1.82, 2.24) is 0 Å². The highest BCUT2D eigenvalue weighted by molar-refractivity contribution is 5.92. The van der Waals surface area contributed by atoms with Gasteiger partial charge in [0.05, 0.1) is 13.7 Å². The Hall–Kier alpha value is -3.47. The maximum Gasteiger partial charge on any atom is 0.193 e. The standard InChI is InChI=1S/C22H23N3O2/c1-26-21-12-6-9-19(14-21)25-22(23)24-15-17-7-5-8-18(13-17)16-27-20-10-3-2-4-11-20/h2-14H,15-16H2,1H3,(H3,23,24,25). The van der Waals surface area contributed by atoms with Gasteiger partial charge in [-0.05, 0) is 35.4 Å². The van der Waals surface area contributed by atoms with Crippen molar-refractivity contribution < 1.29 is 9.47 Å². The predicted molar refractivity (Wildman–Crippen MR) is 109 cm³/mol. The van der Waals surface area contributed by atoms with Crippen molar-refractivity contribution in [3.63, 3.8) is 0 Å². The topological polar surface area (TPSA) is 68.9 Å². The lowest BCUT2D eigenvalue weighted by Gasteiger charge is -2.09. The van der Waals surface area contributed by atoms with Crippen LogP contribution in [0.4, 0.5) is 5.69 Å². The van der Waals surface area contributed by atoms with Gasteiger partial charge in [-0.2, -0.15) is 0 Å². The van der Waals surface area contributed by atoms with E-state index in [0.717, 1.165) is 28.3 Å². The summed E-state index contributed by atoms with van der Waals surface area (Å²) >= 11 is 0. The van der Waals surface area contributed by atoms with Gasteiger partial charge in [0, 0.05) is 11.8 Å². The van der Waals surface area contributed by atoms with Crippen molar-refractivity contribution >= 4 is 11.6 Å². The highest BCUT2D eigenvalue weighted by atomic mass is 16.5. The van der Waals surface area contributed by atoms with Gasteiger partial charge in [0.15, 0.2) is 5.96 Å². The highest BCUT2D eigenvalue weighted by Gasteiger charge is 2.00. The van der Waals surface area contributed by atoms with Gasteiger partial charge >= 0.3 is 0 Å². The minimum atomic E-state index is 0.356. The van der Waals surface area contributed by atoms with Crippen molar-refractivity contribution in [2.45, 2.75) is 13.2 Å².